The van der Waals surface area contributed by atoms with Crippen molar-refractivity contribution in [2.24, 2.45) is 0 Å². The minimum atomic E-state index is -0.483. The second-order valence-electron chi connectivity index (χ2n) is 5.77. The van der Waals surface area contributed by atoms with Gasteiger partial charge >= 0.3 is 0 Å². The summed E-state index contributed by atoms with van der Waals surface area (Å²) in [7, 11) is 0. The molecule has 1 rings (SSSR count). The molecule has 0 saturated heterocycles. The molecule has 0 radical (unpaired) electrons. The van der Waals surface area contributed by atoms with Crippen LogP contribution in [0, 0.1) is 3.57 Å². The molecule has 1 aromatic heterocycles. The first kappa shape index (κ1) is 17.1. The van der Waals surface area contributed by atoms with Crippen LogP contribution < -0.4 is 0 Å². The molecule has 0 aromatic carbocycles. The van der Waals surface area contributed by atoms with Gasteiger partial charge in [0.05, 0.1) is 9.26 Å². The molecule has 5 heteroatoms. The van der Waals surface area contributed by atoms with E-state index in [2.05, 4.69) is 55.3 Å². The maximum absolute atomic E-state index is 6.27. The van der Waals surface area contributed by atoms with Gasteiger partial charge in [-0.25, -0.2) is 9.97 Å². The van der Waals surface area contributed by atoms with E-state index < -0.39 is 5.60 Å². The summed E-state index contributed by atoms with van der Waals surface area (Å²) >= 11 is 8.48. The Morgan fingerprint density at radius 1 is 1.16 bits per heavy atom. The Morgan fingerprint density at radius 2 is 1.74 bits per heavy atom. The van der Waals surface area contributed by atoms with E-state index >= 15 is 0 Å². The van der Waals surface area contributed by atoms with E-state index in [1.807, 2.05) is 13.8 Å². The van der Waals surface area contributed by atoms with E-state index in [0.717, 1.165) is 15.7 Å². The summed E-state index contributed by atoms with van der Waals surface area (Å²) in [6, 6.07) is 0. The number of halogens is 2. The maximum Gasteiger partial charge on any atom is 0.162 e. The molecule has 108 valence electrons. The number of aromatic nitrogens is 2. The van der Waals surface area contributed by atoms with Crippen molar-refractivity contribution in [1.29, 1.82) is 0 Å². The van der Waals surface area contributed by atoms with Crippen molar-refractivity contribution >= 4 is 34.2 Å². The van der Waals surface area contributed by atoms with Crippen molar-refractivity contribution in [3.05, 3.63) is 20.2 Å². The van der Waals surface area contributed by atoms with Crippen LogP contribution in [0.25, 0.3) is 0 Å². The second kappa shape index (κ2) is 6.22. The van der Waals surface area contributed by atoms with E-state index in [1.54, 1.807) is 0 Å². The van der Waals surface area contributed by atoms with E-state index in [9.17, 15) is 0 Å². The zero-order valence-corrected chi connectivity index (χ0v) is 15.4. The molecule has 0 amide bonds. The molecule has 1 unspecified atom stereocenters. The molecule has 1 heterocycles. The highest BCUT2D eigenvalue weighted by Gasteiger charge is 2.32. The van der Waals surface area contributed by atoms with Crippen LogP contribution in [-0.2, 0) is 15.8 Å². The highest BCUT2D eigenvalue weighted by atomic mass is 127. The van der Waals surface area contributed by atoms with E-state index in [0.29, 0.717) is 17.6 Å². The quantitative estimate of drug-likeness (QED) is 0.547. The van der Waals surface area contributed by atoms with Gasteiger partial charge in [0.1, 0.15) is 10.8 Å². The SMILES string of the molecule is CCOC(C)(CC)c1nc(Cl)c(I)c(C(C)(C)C)n1. The van der Waals surface area contributed by atoms with Crippen LogP contribution in [0.3, 0.4) is 0 Å². The fourth-order valence-electron chi connectivity index (χ4n) is 1.80. The number of ether oxygens (including phenoxy) is 1. The molecule has 0 aliphatic carbocycles. The average Bonchev–Trinajstić information content (AvgIpc) is 2.31. The average molecular weight is 397 g/mol. The summed E-state index contributed by atoms with van der Waals surface area (Å²) < 4.78 is 6.76. The Balaban J connectivity index is 3.42. The lowest BCUT2D eigenvalue weighted by Gasteiger charge is -2.29. The van der Waals surface area contributed by atoms with Crippen LogP contribution in [0.2, 0.25) is 5.15 Å². The molecule has 1 aromatic rings. The Labute approximate surface area is 134 Å². The van der Waals surface area contributed by atoms with Crippen LogP contribution >= 0.6 is 34.2 Å². The van der Waals surface area contributed by atoms with Crippen molar-refractivity contribution < 1.29 is 4.74 Å². The number of hydrogen-bond donors (Lipinski definition) is 0. The molecule has 0 saturated carbocycles. The third-order valence-electron chi connectivity index (χ3n) is 3.13. The third kappa shape index (κ3) is 3.79. The zero-order valence-electron chi connectivity index (χ0n) is 12.5. The van der Waals surface area contributed by atoms with Gasteiger partial charge in [-0.3, -0.25) is 0 Å². The van der Waals surface area contributed by atoms with Crippen LogP contribution in [0.1, 0.15) is 59.5 Å². The minimum Gasteiger partial charge on any atom is -0.368 e. The van der Waals surface area contributed by atoms with Crippen LogP contribution in [0.15, 0.2) is 0 Å². The number of nitrogens with zero attached hydrogens (tertiary/aromatic N) is 2. The van der Waals surface area contributed by atoms with Gasteiger partial charge in [0.15, 0.2) is 5.82 Å². The van der Waals surface area contributed by atoms with Gasteiger partial charge in [0, 0.05) is 12.0 Å². The van der Waals surface area contributed by atoms with Crippen molar-refractivity contribution in [2.75, 3.05) is 6.61 Å². The molecule has 0 aliphatic rings. The zero-order chi connectivity index (χ0) is 14.8. The fraction of sp³-hybridized carbons (Fsp3) is 0.714. The van der Waals surface area contributed by atoms with E-state index in [4.69, 9.17) is 21.3 Å². The third-order valence-corrected chi connectivity index (χ3v) is 4.75. The van der Waals surface area contributed by atoms with E-state index in [-0.39, 0.29) is 5.41 Å². The summed E-state index contributed by atoms with van der Waals surface area (Å²) in [5.41, 5.74) is 0.420. The highest BCUT2D eigenvalue weighted by Crippen LogP contribution is 2.33. The summed E-state index contributed by atoms with van der Waals surface area (Å²) in [5.74, 6) is 0.673. The number of rotatable bonds is 4. The lowest BCUT2D eigenvalue weighted by molar-refractivity contribution is -0.0393. The summed E-state index contributed by atoms with van der Waals surface area (Å²) in [6.45, 7) is 13.1. The number of hydrogen-bond acceptors (Lipinski definition) is 3. The van der Waals surface area contributed by atoms with Crippen molar-refractivity contribution in [3.63, 3.8) is 0 Å². The normalized spacial score (nSPS) is 15.4. The predicted molar refractivity (Wildman–Crippen MR) is 87.7 cm³/mol. The molecule has 19 heavy (non-hydrogen) atoms. The largest absolute Gasteiger partial charge is 0.368 e. The van der Waals surface area contributed by atoms with Gasteiger partial charge in [-0.2, -0.15) is 0 Å². The first-order chi connectivity index (χ1) is 8.65. The molecular weight excluding hydrogens is 375 g/mol. The molecule has 3 nitrogen and oxygen atoms in total. The first-order valence-electron chi connectivity index (χ1n) is 6.53. The molecule has 0 N–H and O–H groups in total. The Hall–Kier alpha value is 0.0600. The standard InChI is InChI=1S/C14H22ClIN2O/c1-7-14(6,19-8-2)12-17-10(13(3,4)5)9(16)11(15)18-12/h7-8H2,1-6H3. The van der Waals surface area contributed by atoms with Gasteiger partial charge < -0.3 is 4.74 Å². The summed E-state index contributed by atoms with van der Waals surface area (Å²) in [4.78, 5) is 9.17. The molecule has 0 fully saturated rings. The monoisotopic (exact) mass is 396 g/mol. The van der Waals surface area contributed by atoms with Gasteiger partial charge in [-0.05, 0) is 42.9 Å². The molecule has 0 spiro atoms. The van der Waals surface area contributed by atoms with Crippen molar-refractivity contribution in [1.82, 2.24) is 9.97 Å². The van der Waals surface area contributed by atoms with Gasteiger partial charge in [-0.15, -0.1) is 0 Å². The lowest BCUT2D eigenvalue weighted by Crippen LogP contribution is -2.30. The second-order valence-corrected chi connectivity index (χ2v) is 7.20. The summed E-state index contributed by atoms with van der Waals surface area (Å²) in [5, 5.41) is 0.509. The van der Waals surface area contributed by atoms with Gasteiger partial charge in [0.25, 0.3) is 0 Å². The van der Waals surface area contributed by atoms with E-state index in [1.165, 1.54) is 0 Å². The first-order valence-corrected chi connectivity index (χ1v) is 7.99. The maximum atomic E-state index is 6.27. The lowest BCUT2D eigenvalue weighted by atomic mass is 9.91. The van der Waals surface area contributed by atoms with Gasteiger partial charge in [0.2, 0.25) is 0 Å². The molecule has 0 aliphatic heterocycles. The Bertz CT molecular complexity index is 459. The van der Waals surface area contributed by atoms with Crippen molar-refractivity contribution in [3.8, 4) is 0 Å². The predicted octanol–water partition coefficient (Wildman–Crippen LogP) is 4.69. The van der Waals surface area contributed by atoms with Crippen LogP contribution in [-0.4, -0.2) is 16.6 Å². The highest BCUT2D eigenvalue weighted by molar-refractivity contribution is 14.1. The summed E-state index contributed by atoms with van der Waals surface area (Å²) in [6.07, 6.45) is 0.807. The van der Waals surface area contributed by atoms with Crippen molar-refractivity contribution in [2.45, 2.75) is 59.0 Å². The smallest absolute Gasteiger partial charge is 0.162 e. The van der Waals surface area contributed by atoms with Crippen LogP contribution in [0.5, 0.6) is 0 Å². The minimum absolute atomic E-state index is 0.0707. The molecular formula is C14H22ClIN2O. The Kier molecular flexibility index (Phi) is 5.61. The molecule has 1 atom stereocenters. The molecule has 0 bridgehead atoms. The fourth-order valence-corrected chi connectivity index (χ4v) is 3.02. The van der Waals surface area contributed by atoms with Gasteiger partial charge in [-0.1, -0.05) is 39.3 Å². The van der Waals surface area contributed by atoms with Crippen LogP contribution in [0.4, 0.5) is 0 Å². The Morgan fingerprint density at radius 3 is 2.16 bits per heavy atom. The topological polar surface area (TPSA) is 35.0 Å².